The van der Waals surface area contributed by atoms with Crippen molar-refractivity contribution in [3.63, 3.8) is 0 Å². The van der Waals surface area contributed by atoms with Crippen LogP contribution in [0.25, 0.3) is 0 Å². The van der Waals surface area contributed by atoms with Gasteiger partial charge in [-0.15, -0.1) is 0 Å². The van der Waals surface area contributed by atoms with E-state index in [1.165, 1.54) is 0 Å². The normalized spacial score (nSPS) is 13.8. The van der Waals surface area contributed by atoms with Crippen LogP contribution < -0.4 is 15.5 Å². The van der Waals surface area contributed by atoms with Crippen LogP contribution in [0.1, 0.15) is 30.6 Å². The van der Waals surface area contributed by atoms with E-state index >= 15 is 0 Å². The van der Waals surface area contributed by atoms with Gasteiger partial charge in [-0.05, 0) is 48.5 Å². The van der Waals surface area contributed by atoms with Crippen molar-refractivity contribution < 1.29 is 9.59 Å². The molecule has 164 valence electrons. The van der Waals surface area contributed by atoms with Gasteiger partial charge in [0.15, 0.2) is 5.11 Å². The van der Waals surface area contributed by atoms with E-state index in [-0.39, 0.29) is 22.8 Å². The maximum absolute atomic E-state index is 12.6. The minimum atomic E-state index is -0.113. The summed E-state index contributed by atoms with van der Waals surface area (Å²) in [7, 11) is 0. The summed E-state index contributed by atoms with van der Waals surface area (Å²) in [6, 6.07) is 14.9. The lowest BCUT2D eigenvalue weighted by Crippen LogP contribution is -2.48. The predicted molar refractivity (Wildman–Crippen MR) is 130 cm³/mol. The zero-order chi connectivity index (χ0) is 22.4. The number of piperazine rings is 1. The average Bonchev–Trinajstić information content (AvgIpc) is 2.73. The molecule has 0 unspecified atom stereocenters. The Morgan fingerprint density at radius 1 is 1.06 bits per heavy atom. The van der Waals surface area contributed by atoms with Crippen LogP contribution in [0.5, 0.6) is 0 Å². The molecule has 3 rings (SSSR count). The van der Waals surface area contributed by atoms with Crippen molar-refractivity contribution in [1.82, 2.24) is 10.2 Å². The summed E-state index contributed by atoms with van der Waals surface area (Å²) in [5, 5.41) is 6.52. The molecule has 8 heteroatoms. The topological polar surface area (TPSA) is 64.7 Å². The van der Waals surface area contributed by atoms with Crippen LogP contribution >= 0.6 is 23.8 Å². The number of thiocarbonyl (C=S) groups is 1. The Kier molecular flexibility index (Phi) is 7.87. The number of hydrogen-bond acceptors (Lipinski definition) is 4. The van der Waals surface area contributed by atoms with Gasteiger partial charge >= 0.3 is 0 Å². The molecule has 0 bridgehead atoms. The van der Waals surface area contributed by atoms with Crippen molar-refractivity contribution in [2.45, 2.75) is 20.3 Å². The molecule has 2 aromatic carbocycles. The van der Waals surface area contributed by atoms with E-state index in [1.807, 2.05) is 61.2 Å². The van der Waals surface area contributed by atoms with E-state index in [9.17, 15) is 9.59 Å². The van der Waals surface area contributed by atoms with Gasteiger partial charge in [0.05, 0.1) is 10.7 Å². The van der Waals surface area contributed by atoms with E-state index in [1.54, 1.807) is 6.07 Å². The lowest BCUT2D eigenvalue weighted by Gasteiger charge is -2.36. The summed E-state index contributed by atoms with van der Waals surface area (Å²) >= 11 is 11.7. The summed E-state index contributed by atoms with van der Waals surface area (Å²) in [5.74, 6) is 0.206. The lowest BCUT2D eigenvalue weighted by atomic mass is 10.1. The Balaban J connectivity index is 1.55. The second-order valence-electron chi connectivity index (χ2n) is 7.91. The molecule has 1 heterocycles. The monoisotopic (exact) mass is 458 g/mol. The van der Waals surface area contributed by atoms with Crippen LogP contribution in [0.2, 0.25) is 5.02 Å². The summed E-state index contributed by atoms with van der Waals surface area (Å²) in [4.78, 5) is 28.5. The first-order valence-electron chi connectivity index (χ1n) is 10.3. The smallest absolute Gasteiger partial charge is 0.253 e. The number of nitrogens with one attached hydrogen (secondary N) is 2. The second kappa shape index (κ2) is 10.6. The SMILES string of the molecule is CC(C)CC(=O)NC(=S)Nc1ccc(N2CCN(C(=O)c3ccccc3)CC2)c(Cl)c1. The molecule has 0 saturated carbocycles. The zero-order valence-electron chi connectivity index (χ0n) is 17.7. The number of nitrogens with zero attached hydrogens (tertiary/aromatic N) is 2. The molecule has 6 nitrogen and oxygen atoms in total. The van der Waals surface area contributed by atoms with Crippen LogP contribution in [-0.4, -0.2) is 48.0 Å². The molecule has 0 aromatic heterocycles. The van der Waals surface area contributed by atoms with Gasteiger partial charge in [-0.3, -0.25) is 9.59 Å². The first-order valence-corrected chi connectivity index (χ1v) is 11.1. The first-order chi connectivity index (χ1) is 14.8. The molecule has 0 aliphatic carbocycles. The molecule has 2 amide bonds. The third-order valence-corrected chi connectivity index (χ3v) is 5.49. The van der Waals surface area contributed by atoms with E-state index in [4.69, 9.17) is 23.8 Å². The molecule has 1 aliphatic heterocycles. The van der Waals surface area contributed by atoms with Gasteiger partial charge in [-0.1, -0.05) is 43.6 Å². The van der Waals surface area contributed by atoms with Crippen LogP contribution in [0, 0.1) is 5.92 Å². The van der Waals surface area contributed by atoms with Crippen molar-refractivity contribution in [3.8, 4) is 0 Å². The van der Waals surface area contributed by atoms with E-state index in [2.05, 4.69) is 15.5 Å². The van der Waals surface area contributed by atoms with Gasteiger partial charge in [0, 0.05) is 43.9 Å². The highest BCUT2D eigenvalue weighted by molar-refractivity contribution is 7.80. The van der Waals surface area contributed by atoms with Gasteiger partial charge in [0.2, 0.25) is 5.91 Å². The molecule has 0 spiro atoms. The van der Waals surface area contributed by atoms with E-state index < -0.39 is 0 Å². The van der Waals surface area contributed by atoms with Crippen molar-refractivity contribution in [3.05, 3.63) is 59.1 Å². The highest BCUT2D eigenvalue weighted by atomic mass is 35.5. The van der Waals surface area contributed by atoms with Crippen molar-refractivity contribution in [2.75, 3.05) is 36.4 Å². The van der Waals surface area contributed by atoms with E-state index in [0.29, 0.717) is 48.9 Å². The van der Waals surface area contributed by atoms with Crippen LogP contribution in [0.4, 0.5) is 11.4 Å². The fourth-order valence-corrected chi connectivity index (χ4v) is 4.00. The van der Waals surface area contributed by atoms with E-state index in [0.717, 1.165) is 5.69 Å². The standard InChI is InChI=1S/C23H27ClN4O2S/c1-16(2)14-21(29)26-23(31)25-18-8-9-20(19(24)15-18)27-10-12-28(13-11-27)22(30)17-6-4-3-5-7-17/h3-9,15-16H,10-14H2,1-2H3,(H2,25,26,29,31). The molecule has 0 atom stereocenters. The number of amides is 2. The van der Waals surface area contributed by atoms with Crippen LogP contribution in [0.15, 0.2) is 48.5 Å². The number of rotatable bonds is 5. The molecule has 31 heavy (non-hydrogen) atoms. The Bertz CT molecular complexity index is 944. The summed E-state index contributed by atoms with van der Waals surface area (Å²) in [6.07, 6.45) is 0.417. The second-order valence-corrected chi connectivity index (χ2v) is 8.73. The van der Waals surface area contributed by atoms with Crippen LogP contribution in [0.3, 0.4) is 0 Å². The highest BCUT2D eigenvalue weighted by Crippen LogP contribution is 2.30. The highest BCUT2D eigenvalue weighted by Gasteiger charge is 2.23. The van der Waals surface area contributed by atoms with Gasteiger partial charge < -0.3 is 20.4 Å². The van der Waals surface area contributed by atoms with Gasteiger partial charge in [-0.2, -0.15) is 0 Å². The average molecular weight is 459 g/mol. The largest absolute Gasteiger partial charge is 0.367 e. The van der Waals surface area contributed by atoms with Crippen molar-refractivity contribution >= 4 is 52.1 Å². The van der Waals surface area contributed by atoms with Gasteiger partial charge in [0.25, 0.3) is 5.91 Å². The fraction of sp³-hybridized carbons (Fsp3) is 0.348. The Labute approximate surface area is 193 Å². The maximum Gasteiger partial charge on any atom is 0.253 e. The quantitative estimate of drug-likeness (QED) is 0.658. The van der Waals surface area contributed by atoms with Gasteiger partial charge in [-0.25, -0.2) is 0 Å². The first kappa shape index (κ1) is 23.0. The molecular weight excluding hydrogens is 432 g/mol. The number of carbonyl (C=O) groups excluding carboxylic acids is 2. The predicted octanol–water partition coefficient (Wildman–Crippen LogP) is 4.16. The van der Waals surface area contributed by atoms with Crippen molar-refractivity contribution in [1.29, 1.82) is 0 Å². The number of hydrogen-bond donors (Lipinski definition) is 2. The molecule has 2 N–H and O–H groups in total. The number of benzene rings is 2. The lowest BCUT2D eigenvalue weighted by molar-refractivity contribution is -0.120. The molecular formula is C23H27ClN4O2S. The molecule has 1 saturated heterocycles. The summed E-state index contributed by atoms with van der Waals surface area (Å²) < 4.78 is 0. The molecule has 1 aliphatic rings. The van der Waals surface area contributed by atoms with Gasteiger partial charge in [0.1, 0.15) is 0 Å². The minimum absolute atomic E-state index is 0.0546. The number of halogens is 1. The Hall–Kier alpha value is -2.64. The zero-order valence-corrected chi connectivity index (χ0v) is 19.3. The number of anilines is 2. The third-order valence-electron chi connectivity index (χ3n) is 4.98. The maximum atomic E-state index is 12.6. The molecule has 2 aromatic rings. The third kappa shape index (κ3) is 6.42. The summed E-state index contributed by atoms with van der Waals surface area (Å²) in [5.41, 5.74) is 2.33. The minimum Gasteiger partial charge on any atom is -0.367 e. The Morgan fingerprint density at radius 3 is 2.35 bits per heavy atom. The van der Waals surface area contributed by atoms with Crippen molar-refractivity contribution in [2.24, 2.45) is 5.92 Å². The fourth-order valence-electron chi connectivity index (χ4n) is 3.47. The Morgan fingerprint density at radius 2 is 1.74 bits per heavy atom. The molecule has 0 radical (unpaired) electrons. The molecule has 1 fully saturated rings. The van der Waals surface area contributed by atoms with Crippen LogP contribution in [-0.2, 0) is 4.79 Å². The number of carbonyl (C=O) groups is 2. The summed E-state index contributed by atoms with van der Waals surface area (Å²) in [6.45, 7) is 6.63.